The van der Waals surface area contributed by atoms with Crippen molar-refractivity contribution in [3.8, 4) is 107 Å². The highest BCUT2D eigenvalue weighted by molar-refractivity contribution is 6.24. The van der Waals surface area contributed by atoms with Crippen LogP contribution in [-0.4, -0.2) is 15.0 Å². The van der Waals surface area contributed by atoms with Gasteiger partial charge in [-0.05, 0) is 100 Å². The van der Waals surface area contributed by atoms with Gasteiger partial charge in [-0.1, -0.05) is 206 Å². The first kappa shape index (κ1) is 37.0. The van der Waals surface area contributed by atoms with Crippen molar-refractivity contribution < 1.29 is 0 Å². The number of fused-ring (bicyclic) bond motifs is 4. The summed E-state index contributed by atoms with van der Waals surface area (Å²) >= 11 is 0. The second-order valence-corrected chi connectivity index (χ2v) is 16.2. The molecule has 10 aromatic carbocycles. The monoisotopic (exact) mass is 812 g/mol. The average Bonchev–Trinajstić information content (AvgIpc) is 3.71. The zero-order chi connectivity index (χ0) is 42.6. The van der Waals surface area contributed by atoms with Gasteiger partial charge in [-0.25, -0.2) is 15.0 Å². The van der Waals surface area contributed by atoms with Gasteiger partial charge in [-0.15, -0.1) is 0 Å². The lowest BCUT2D eigenvalue weighted by Gasteiger charge is -2.18. The third kappa shape index (κ3) is 6.26. The normalized spacial score (nSPS) is 11.4. The van der Waals surface area contributed by atoms with Gasteiger partial charge in [0.1, 0.15) is 0 Å². The molecule has 0 N–H and O–H groups in total. The minimum Gasteiger partial charge on any atom is -0.208 e. The van der Waals surface area contributed by atoms with Crippen LogP contribution in [0.4, 0.5) is 0 Å². The molecule has 12 rings (SSSR count). The molecular weight excluding hydrogens is 777 g/mol. The van der Waals surface area contributed by atoms with Gasteiger partial charge in [0.15, 0.2) is 17.5 Å². The second kappa shape index (κ2) is 15.3. The highest BCUT2D eigenvalue weighted by atomic mass is 15.0. The molecule has 1 heterocycles. The van der Waals surface area contributed by atoms with Crippen LogP contribution in [0.1, 0.15) is 5.56 Å². The fourth-order valence-corrected chi connectivity index (χ4v) is 9.46. The molecule has 0 saturated carbocycles. The van der Waals surface area contributed by atoms with Gasteiger partial charge in [0.2, 0.25) is 0 Å². The van der Waals surface area contributed by atoms with Gasteiger partial charge < -0.3 is 0 Å². The van der Waals surface area contributed by atoms with Gasteiger partial charge in [0.05, 0.1) is 11.6 Å². The van der Waals surface area contributed by atoms with Crippen LogP contribution in [0.25, 0.3) is 122 Å². The van der Waals surface area contributed by atoms with Crippen LogP contribution in [0.5, 0.6) is 0 Å². The molecule has 0 atom stereocenters. The van der Waals surface area contributed by atoms with E-state index in [0.29, 0.717) is 23.0 Å². The highest BCUT2D eigenvalue weighted by Gasteiger charge is 2.25. The maximum Gasteiger partial charge on any atom is 0.164 e. The summed E-state index contributed by atoms with van der Waals surface area (Å²) in [5, 5.41) is 14.3. The summed E-state index contributed by atoms with van der Waals surface area (Å²) < 4.78 is 0. The Kier molecular flexibility index (Phi) is 8.84. The van der Waals surface area contributed by atoms with Crippen LogP contribution in [0, 0.1) is 11.3 Å². The average molecular weight is 813 g/mol. The van der Waals surface area contributed by atoms with Gasteiger partial charge >= 0.3 is 0 Å². The van der Waals surface area contributed by atoms with Crippen molar-refractivity contribution in [2.75, 3.05) is 0 Å². The van der Waals surface area contributed by atoms with Crippen molar-refractivity contribution in [1.82, 2.24) is 15.0 Å². The predicted octanol–water partition coefficient (Wildman–Crippen LogP) is 15.4. The summed E-state index contributed by atoms with van der Waals surface area (Å²) in [7, 11) is 0. The minimum atomic E-state index is 0.633. The van der Waals surface area contributed by atoms with Crippen LogP contribution >= 0.6 is 0 Å². The van der Waals surface area contributed by atoms with Gasteiger partial charge in [0.25, 0.3) is 0 Å². The van der Waals surface area contributed by atoms with Crippen molar-refractivity contribution in [3.63, 3.8) is 0 Å². The summed E-state index contributed by atoms with van der Waals surface area (Å²) in [6.07, 6.45) is 0. The van der Waals surface area contributed by atoms with Crippen molar-refractivity contribution in [3.05, 3.63) is 224 Å². The molecule has 64 heavy (non-hydrogen) atoms. The molecule has 11 aromatic rings. The van der Waals surface area contributed by atoms with E-state index in [-0.39, 0.29) is 0 Å². The smallest absolute Gasteiger partial charge is 0.164 e. The minimum absolute atomic E-state index is 0.633. The molecule has 0 fully saturated rings. The Balaban J connectivity index is 0.974. The van der Waals surface area contributed by atoms with Crippen molar-refractivity contribution in [2.45, 2.75) is 0 Å². The third-order valence-electron chi connectivity index (χ3n) is 12.6. The summed E-state index contributed by atoms with van der Waals surface area (Å²) in [6, 6.07) is 79.0. The number of nitrogens with zero attached hydrogens (tertiary/aromatic N) is 4. The van der Waals surface area contributed by atoms with Gasteiger partial charge in [0, 0.05) is 16.7 Å². The molecule has 0 amide bonds. The molecule has 1 aliphatic rings. The van der Waals surface area contributed by atoms with Gasteiger partial charge in [-0.2, -0.15) is 5.26 Å². The SMILES string of the molecule is N#Cc1ccc(-c2ccc(-c3ccc4c5c(ccc(-c6ccc(-c7ccc(-c8nc(-c9ccccc9)nc(-c9ccccc9)n8)cc7)c7ccccc67)c35)-c3ccccc3-4)cc2)cc1. The zero-order valence-electron chi connectivity index (χ0n) is 34.6. The van der Waals surface area contributed by atoms with Crippen molar-refractivity contribution >= 4 is 21.5 Å². The first-order valence-electron chi connectivity index (χ1n) is 21.5. The van der Waals surface area contributed by atoms with E-state index in [2.05, 4.69) is 140 Å². The van der Waals surface area contributed by atoms with Gasteiger partial charge in [-0.3, -0.25) is 0 Å². The molecule has 0 unspecified atom stereocenters. The molecular formula is C60H36N4. The number of hydrogen-bond acceptors (Lipinski definition) is 4. The van der Waals surface area contributed by atoms with E-state index in [1.807, 2.05) is 84.9 Å². The Labute approximate surface area is 371 Å². The molecule has 0 saturated heterocycles. The fourth-order valence-electron chi connectivity index (χ4n) is 9.46. The van der Waals surface area contributed by atoms with E-state index >= 15 is 0 Å². The largest absolute Gasteiger partial charge is 0.208 e. The molecule has 0 radical (unpaired) electrons. The lowest BCUT2D eigenvalue weighted by atomic mass is 9.85. The molecule has 0 aliphatic heterocycles. The van der Waals surface area contributed by atoms with Crippen LogP contribution < -0.4 is 0 Å². The summed E-state index contributed by atoms with van der Waals surface area (Å²) in [4.78, 5) is 14.8. The van der Waals surface area contributed by atoms with E-state index in [1.165, 1.54) is 60.5 Å². The summed E-state index contributed by atoms with van der Waals surface area (Å²) in [6.45, 7) is 0. The highest BCUT2D eigenvalue weighted by Crippen LogP contribution is 2.53. The number of hydrogen-bond donors (Lipinski definition) is 0. The maximum absolute atomic E-state index is 9.34. The molecule has 1 aromatic heterocycles. The Hall–Kier alpha value is -8.78. The van der Waals surface area contributed by atoms with E-state index in [9.17, 15) is 5.26 Å². The van der Waals surface area contributed by atoms with Crippen LogP contribution in [0.3, 0.4) is 0 Å². The molecule has 4 nitrogen and oxygen atoms in total. The Morgan fingerprint density at radius 3 is 1.12 bits per heavy atom. The number of benzene rings is 10. The lowest BCUT2D eigenvalue weighted by Crippen LogP contribution is -2.00. The van der Waals surface area contributed by atoms with Crippen LogP contribution in [0.2, 0.25) is 0 Å². The standard InChI is InChI=1S/C60H36N4/c61-37-38-19-21-39(22-20-38)40-23-25-42(26-24-40)47-32-34-53-50-17-9-10-18-51(50)54-35-36-55(56(47)57(53)54)52-33-31-46(48-15-7-8-16-49(48)52)41-27-29-45(30-28-41)60-63-58(43-11-3-1-4-12-43)62-59(64-60)44-13-5-2-6-14-44/h1-36H. The predicted molar refractivity (Wildman–Crippen MR) is 262 cm³/mol. The molecule has 0 bridgehead atoms. The Bertz CT molecular complexity index is 3540. The first-order valence-corrected chi connectivity index (χ1v) is 21.5. The maximum atomic E-state index is 9.34. The number of aromatic nitrogens is 3. The van der Waals surface area contributed by atoms with E-state index in [1.54, 1.807) is 0 Å². The number of nitriles is 1. The first-order chi connectivity index (χ1) is 31.7. The van der Waals surface area contributed by atoms with Crippen molar-refractivity contribution in [1.29, 1.82) is 5.26 Å². The topological polar surface area (TPSA) is 62.5 Å². The molecule has 4 heteroatoms. The van der Waals surface area contributed by atoms with Crippen LogP contribution in [-0.2, 0) is 0 Å². The molecule has 0 spiro atoms. The van der Waals surface area contributed by atoms with Crippen LogP contribution in [0.15, 0.2) is 218 Å². The summed E-state index contributed by atoms with van der Waals surface area (Å²) in [5.74, 6) is 1.92. The van der Waals surface area contributed by atoms with E-state index in [0.717, 1.165) is 44.5 Å². The zero-order valence-corrected chi connectivity index (χ0v) is 34.6. The van der Waals surface area contributed by atoms with E-state index < -0.39 is 0 Å². The summed E-state index contributed by atoms with van der Waals surface area (Å²) in [5.41, 5.74) is 17.8. The lowest BCUT2D eigenvalue weighted by molar-refractivity contribution is 1.07. The van der Waals surface area contributed by atoms with Crippen molar-refractivity contribution in [2.24, 2.45) is 0 Å². The number of rotatable bonds is 7. The Morgan fingerprint density at radius 2 is 0.594 bits per heavy atom. The molecule has 1 aliphatic carbocycles. The quantitative estimate of drug-likeness (QED) is 0.161. The Morgan fingerprint density at radius 1 is 0.250 bits per heavy atom. The second-order valence-electron chi connectivity index (χ2n) is 16.2. The third-order valence-corrected chi connectivity index (χ3v) is 12.6. The van der Waals surface area contributed by atoms with E-state index in [4.69, 9.17) is 15.0 Å². The molecule has 296 valence electrons. The fraction of sp³-hybridized carbons (Fsp3) is 0.